The number of para-hydroxylation sites is 1. The fraction of sp³-hybridized carbons (Fsp3) is 0.462. The molecular formula is C13H18FN3O. The Hall–Kier alpha value is -1.78. The van der Waals surface area contributed by atoms with Crippen LogP contribution in [0.1, 0.15) is 25.7 Å². The van der Waals surface area contributed by atoms with Crippen LogP contribution in [0.15, 0.2) is 18.2 Å². The number of benzene rings is 1. The summed E-state index contributed by atoms with van der Waals surface area (Å²) >= 11 is 0. The second kappa shape index (κ2) is 5.71. The van der Waals surface area contributed by atoms with Crippen molar-refractivity contribution in [3.63, 3.8) is 0 Å². The van der Waals surface area contributed by atoms with Gasteiger partial charge in [0.2, 0.25) is 5.91 Å². The van der Waals surface area contributed by atoms with E-state index in [0.29, 0.717) is 31.1 Å². The Kier molecular flexibility index (Phi) is 4.02. The highest BCUT2D eigenvalue weighted by Crippen LogP contribution is 2.21. The monoisotopic (exact) mass is 251 g/mol. The third kappa shape index (κ3) is 3.61. The van der Waals surface area contributed by atoms with Crippen molar-refractivity contribution in [2.24, 2.45) is 0 Å². The molecule has 0 heterocycles. The fourth-order valence-corrected chi connectivity index (χ4v) is 1.69. The highest BCUT2D eigenvalue weighted by Gasteiger charge is 2.22. The Balaban J connectivity index is 1.68. The number of rotatable bonds is 6. The highest BCUT2D eigenvalue weighted by molar-refractivity contribution is 5.76. The van der Waals surface area contributed by atoms with Crippen molar-refractivity contribution in [2.45, 2.75) is 31.7 Å². The van der Waals surface area contributed by atoms with Crippen LogP contribution in [0, 0.1) is 5.82 Å². The summed E-state index contributed by atoms with van der Waals surface area (Å²) < 4.78 is 13.1. The van der Waals surface area contributed by atoms with Crippen LogP contribution < -0.4 is 16.4 Å². The van der Waals surface area contributed by atoms with Gasteiger partial charge in [-0.3, -0.25) is 4.79 Å². The summed E-state index contributed by atoms with van der Waals surface area (Å²) in [4.78, 5) is 11.4. The maximum Gasteiger partial charge on any atom is 0.220 e. The molecule has 2 rings (SSSR count). The van der Waals surface area contributed by atoms with E-state index in [2.05, 4.69) is 10.6 Å². The van der Waals surface area contributed by atoms with E-state index in [1.165, 1.54) is 6.07 Å². The average molecular weight is 251 g/mol. The number of amides is 1. The van der Waals surface area contributed by atoms with Crippen molar-refractivity contribution < 1.29 is 9.18 Å². The molecule has 0 atom stereocenters. The fourth-order valence-electron chi connectivity index (χ4n) is 1.69. The molecule has 4 N–H and O–H groups in total. The van der Waals surface area contributed by atoms with Gasteiger partial charge in [-0.15, -0.1) is 0 Å². The Morgan fingerprint density at radius 3 is 2.94 bits per heavy atom. The van der Waals surface area contributed by atoms with E-state index < -0.39 is 5.82 Å². The summed E-state index contributed by atoms with van der Waals surface area (Å²) in [6.45, 7) is 0.603. The molecule has 1 aromatic rings. The topological polar surface area (TPSA) is 67.1 Å². The van der Waals surface area contributed by atoms with Crippen LogP contribution in [0.25, 0.3) is 0 Å². The van der Waals surface area contributed by atoms with Crippen LogP contribution in [0.5, 0.6) is 0 Å². The summed E-state index contributed by atoms with van der Waals surface area (Å²) in [6.07, 6.45) is 3.39. The van der Waals surface area contributed by atoms with E-state index >= 15 is 0 Å². The van der Waals surface area contributed by atoms with Gasteiger partial charge in [0.15, 0.2) is 0 Å². The summed E-state index contributed by atoms with van der Waals surface area (Å²) in [5.74, 6) is -0.335. The molecule has 5 heteroatoms. The van der Waals surface area contributed by atoms with Gasteiger partial charge in [-0.05, 0) is 31.4 Å². The summed E-state index contributed by atoms with van der Waals surface area (Å²) in [6, 6.07) is 5.06. The molecule has 1 aliphatic rings. The maximum absolute atomic E-state index is 13.1. The molecule has 0 unspecified atom stereocenters. The van der Waals surface area contributed by atoms with Crippen LogP contribution in [0.2, 0.25) is 0 Å². The molecule has 1 aliphatic carbocycles. The molecule has 1 amide bonds. The zero-order valence-electron chi connectivity index (χ0n) is 10.2. The molecule has 0 bridgehead atoms. The molecule has 18 heavy (non-hydrogen) atoms. The first kappa shape index (κ1) is 12.7. The number of nitrogen functional groups attached to an aromatic ring is 1. The van der Waals surface area contributed by atoms with Gasteiger partial charge in [0.1, 0.15) is 5.82 Å². The molecule has 0 spiro atoms. The van der Waals surface area contributed by atoms with E-state index in [4.69, 9.17) is 5.73 Å². The number of halogens is 1. The van der Waals surface area contributed by atoms with Gasteiger partial charge >= 0.3 is 0 Å². The summed E-state index contributed by atoms with van der Waals surface area (Å²) in [5.41, 5.74) is 6.29. The van der Waals surface area contributed by atoms with Gasteiger partial charge in [0.25, 0.3) is 0 Å². The first-order valence-electron chi connectivity index (χ1n) is 6.24. The van der Waals surface area contributed by atoms with Crippen molar-refractivity contribution >= 4 is 17.3 Å². The van der Waals surface area contributed by atoms with Crippen molar-refractivity contribution in [1.29, 1.82) is 0 Å². The van der Waals surface area contributed by atoms with Crippen LogP contribution in [0.3, 0.4) is 0 Å². The second-order valence-electron chi connectivity index (χ2n) is 4.57. The van der Waals surface area contributed by atoms with Crippen molar-refractivity contribution in [3.8, 4) is 0 Å². The van der Waals surface area contributed by atoms with Gasteiger partial charge in [-0.2, -0.15) is 0 Å². The molecular weight excluding hydrogens is 233 g/mol. The first-order chi connectivity index (χ1) is 8.66. The molecule has 0 aliphatic heterocycles. The zero-order valence-corrected chi connectivity index (χ0v) is 10.2. The molecule has 0 saturated heterocycles. The smallest absolute Gasteiger partial charge is 0.220 e. The molecule has 1 saturated carbocycles. The summed E-state index contributed by atoms with van der Waals surface area (Å²) in [5, 5.41) is 5.95. The predicted octanol–water partition coefficient (Wildman–Crippen LogP) is 1.88. The number of anilines is 2. The molecule has 0 radical (unpaired) electrons. The average Bonchev–Trinajstić information content (AvgIpc) is 3.13. The molecule has 4 nitrogen and oxygen atoms in total. The standard InChI is InChI=1S/C13H18FN3O/c14-10-3-1-4-11(13(10)15)16-8-2-5-12(18)17-9-6-7-9/h1,3-4,9,16H,2,5-8,15H2,(H,17,18). The van der Waals surface area contributed by atoms with Crippen molar-refractivity contribution in [2.75, 3.05) is 17.6 Å². The number of hydrogen-bond acceptors (Lipinski definition) is 3. The largest absolute Gasteiger partial charge is 0.395 e. The minimum absolute atomic E-state index is 0.0894. The number of hydrogen-bond donors (Lipinski definition) is 3. The quantitative estimate of drug-likeness (QED) is 0.534. The lowest BCUT2D eigenvalue weighted by molar-refractivity contribution is -0.121. The lowest BCUT2D eigenvalue weighted by Crippen LogP contribution is -2.25. The van der Waals surface area contributed by atoms with Crippen LogP contribution in [-0.4, -0.2) is 18.5 Å². The minimum atomic E-state index is -0.425. The second-order valence-corrected chi connectivity index (χ2v) is 4.57. The summed E-state index contributed by atoms with van der Waals surface area (Å²) in [7, 11) is 0. The Morgan fingerprint density at radius 2 is 2.22 bits per heavy atom. The van der Waals surface area contributed by atoms with E-state index in [-0.39, 0.29) is 11.6 Å². The number of carbonyl (C=O) groups is 1. The SMILES string of the molecule is Nc1c(F)cccc1NCCCC(=O)NC1CC1. The molecule has 98 valence electrons. The van der Waals surface area contributed by atoms with Crippen LogP contribution >= 0.6 is 0 Å². The number of carbonyl (C=O) groups excluding carboxylic acids is 1. The lowest BCUT2D eigenvalue weighted by atomic mass is 10.2. The highest BCUT2D eigenvalue weighted by atomic mass is 19.1. The first-order valence-corrected chi connectivity index (χ1v) is 6.24. The molecule has 1 fully saturated rings. The van der Waals surface area contributed by atoms with Crippen LogP contribution in [0.4, 0.5) is 15.8 Å². The van der Waals surface area contributed by atoms with Crippen molar-refractivity contribution in [1.82, 2.24) is 5.32 Å². The molecule has 0 aromatic heterocycles. The molecule has 1 aromatic carbocycles. The number of nitrogens with two attached hydrogens (primary N) is 1. The van der Waals surface area contributed by atoms with Gasteiger partial charge < -0.3 is 16.4 Å². The lowest BCUT2D eigenvalue weighted by Gasteiger charge is -2.09. The zero-order chi connectivity index (χ0) is 13.0. The van der Waals surface area contributed by atoms with E-state index in [1.54, 1.807) is 12.1 Å². The normalized spacial score (nSPS) is 14.3. The van der Waals surface area contributed by atoms with Gasteiger partial charge in [-0.25, -0.2) is 4.39 Å². The van der Waals surface area contributed by atoms with E-state index in [9.17, 15) is 9.18 Å². The predicted molar refractivity (Wildman–Crippen MR) is 69.7 cm³/mol. The van der Waals surface area contributed by atoms with E-state index in [0.717, 1.165) is 12.8 Å². The Labute approximate surface area is 106 Å². The third-order valence-corrected chi connectivity index (χ3v) is 2.89. The van der Waals surface area contributed by atoms with Gasteiger partial charge in [0, 0.05) is 19.0 Å². The van der Waals surface area contributed by atoms with E-state index in [1.807, 2.05) is 0 Å². The Bertz CT molecular complexity index is 432. The Morgan fingerprint density at radius 1 is 1.44 bits per heavy atom. The maximum atomic E-state index is 13.1. The third-order valence-electron chi connectivity index (χ3n) is 2.89. The van der Waals surface area contributed by atoms with Crippen molar-refractivity contribution in [3.05, 3.63) is 24.0 Å². The minimum Gasteiger partial charge on any atom is -0.395 e. The van der Waals surface area contributed by atoms with Gasteiger partial charge in [0.05, 0.1) is 11.4 Å². The van der Waals surface area contributed by atoms with Crippen LogP contribution in [-0.2, 0) is 4.79 Å². The van der Waals surface area contributed by atoms with Gasteiger partial charge in [-0.1, -0.05) is 6.07 Å². The number of nitrogens with one attached hydrogen (secondary N) is 2.